The van der Waals surface area contributed by atoms with E-state index in [9.17, 15) is 22.4 Å². The molecule has 0 unspecified atom stereocenters. The topological polar surface area (TPSA) is 122 Å². The van der Waals surface area contributed by atoms with Crippen LogP contribution < -0.4 is 14.8 Å². The zero-order chi connectivity index (χ0) is 21.8. The Morgan fingerprint density at radius 2 is 1.83 bits per heavy atom. The van der Waals surface area contributed by atoms with E-state index < -0.39 is 34.3 Å². The second-order valence-corrected chi connectivity index (χ2v) is 8.35. The molecule has 2 aromatic rings. The monoisotopic (exact) mass is 464 g/mol. The van der Waals surface area contributed by atoms with Crippen molar-refractivity contribution in [2.24, 2.45) is 0 Å². The molecule has 0 aliphatic carbocycles. The Morgan fingerprint density at radius 3 is 2.38 bits per heavy atom. The Morgan fingerprint density at radius 1 is 1.21 bits per heavy atom. The highest BCUT2D eigenvalue weighted by Gasteiger charge is 2.17. The lowest BCUT2D eigenvalue weighted by Gasteiger charge is -2.13. The first-order chi connectivity index (χ1) is 13.5. The van der Waals surface area contributed by atoms with Gasteiger partial charge in [-0.2, -0.15) is 0 Å². The van der Waals surface area contributed by atoms with Crippen LogP contribution in [0, 0.1) is 5.82 Å². The van der Waals surface area contributed by atoms with Crippen LogP contribution in [0.15, 0.2) is 30.3 Å². The zero-order valence-corrected chi connectivity index (χ0v) is 17.2. The van der Waals surface area contributed by atoms with Crippen molar-refractivity contribution >= 4 is 50.8 Å². The number of carboxylic acid groups (broad SMARTS) is 1. The largest absolute Gasteiger partial charge is 0.486 e. The van der Waals surface area contributed by atoms with Crippen molar-refractivity contribution in [3.8, 4) is 5.75 Å². The molecule has 0 atom stereocenters. The molecule has 0 saturated heterocycles. The smallest absolute Gasteiger partial charge is 0.322 e. The van der Waals surface area contributed by atoms with E-state index in [1.54, 1.807) is 0 Å². The molecule has 0 heterocycles. The van der Waals surface area contributed by atoms with Crippen molar-refractivity contribution in [1.82, 2.24) is 5.32 Å². The first-order valence-corrected chi connectivity index (χ1v) is 10.5. The van der Waals surface area contributed by atoms with Crippen molar-refractivity contribution in [2.75, 3.05) is 17.5 Å². The number of carbonyl (C=O) groups excluding carboxylic acids is 1. The second-order valence-electron chi connectivity index (χ2n) is 5.79. The fourth-order valence-corrected chi connectivity index (χ4v) is 3.36. The van der Waals surface area contributed by atoms with Gasteiger partial charge in [0.2, 0.25) is 10.0 Å². The molecule has 0 spiro atoms. The molecule has 0 aliphatic heterocycles. The number of amides is 1. The fraction of sp³-hybridized carbons (Fsp3) is 0.176. The minimum absolute atomic E-state index is 0.0131. The standard InChI is InChI=1S/C17H15Cl2FN2O6S/c1-29(26,27)22-13-4-2-3-9(15(13)20)8-28-16-11(18)5-10(6-12(16)19)17(25)21-7-14(23)24/h2-6,22H,7-8H2,1H3,(H,21,25)(H,23,24). The molecule has 0 radical (unpaired) electrons. The summed E-state index contributed by atoms with van der Waals surface area (Å²) in [6.45, 7) is -0.904. The third-order valence-electron chi connectivity index (χ3n) is 3.41. The number of halogens is 3. The van der Waals surface area contributed by atoms with Gasteiger partial charge in [0, 0.05) is 11.1 Å². The minimum atomic E-state index is -3.67. The van der Waals surface area contributed by atoms with Gasteiger partial charge < -0.3 is 15.2 Å². The van der Waals surface area contributed by atoms with Crippen LogP contribution >= 0.6 is 23.2 Å². The van der Waals surface area contributed by atoms with Gasteiger partial charge in [0.25, 0.3) is 5.91 Å². The summed E-state index contributed by atoms with van der Waals surface area (Å²) in [5.41, 5.74) is -0.190. The van der Waals surface area contributed by atoms with Crippen molar-refractivity contribution in [3.05, 3.63) is 57.3 Å². The predicted octanol–water partition coefficient (Wildman–Crippen LogP) is 2.90. The third kappa shape index (κ3) is 6.48. The Balaban J connectivity index is 2.18. The van der Waals surface area contributed by atoms with Gasteiger partial charge >= 0.3 is 5.97 Å². The van der Waals surface area contributed by atoms with E-state index in [4.69, 9.17) is 33.0 Å². The Hall–Kier alpha value is -2.56. The second kappa shape index (κ2) is 9.29. The first kappa shape index (κ1) is 22.7. The molecule has 0 saturated carbocycles. The zero-order valence-electron chi connectivity index (χ0n) is 14.8. The number of carboxylic acids is 1. The molecule has 0 bridgehead atoms. The lowest BCUT2D eigenvalue weighted by Crippen LogP contribution is -2.29. The van der Waals surface area contributed by atoms with E-state index in [-0.39, 0.29) is 39.2 Å². The van der Waals surface area contributed by atoms with E-state index in [0.717, 1.165) is 6.26 Å². The highest BCUT2D eigenvalue weighted by atomic mass is 35.5. The average molecular weight is 465 g/mol. The number of hydrogen-bond acceptors (Lipinski definition) is 5. The van der Waals surface area contributed by atoms with Gasteiger partial charge in [0.1, 0.15) is 13.2 Å². The number of aliphatic carboxylic acids is 1. The van der Waals surface area contributed by atoms with Crippen LogP contribution in [0.3, 0.4) is 0 Å². The molecule has 0 fully saturated rings. The molecule has 12 heteroatoms. The summed E-state index contributed by atoms with van der Waals surface area (Å²) in [4.78, 5) is 22.4. The number of hydrogen-bond donors (Lipinski definition) is 3. The summed E-state index contributed by atoms with van der Waals surface area (Å²) in [5.74, 6) is -2.77. The van der Waals surface area contributed by atoms with E-state index >= 15 is 0 Å². The van der Waals surface area contributed by atoms with Gasteiger partial charge in [-0.25, -0.2) is 12.8 Å². The van der Waals surface area contributed by atoms with Crippen molar-refractivity contribution < 1.29 is 32.2 Å². The lowest BCUT2D eigenvalue weighted by atomic mass is 10.2. The normalized spacial score (nSPS) is 11.0. The number of anilines is 1. The molecule has 2 aromatic carbocycles. The Bertz CT molecular complexity index is 1040. The van der Waals surface area contributed by atoms with E-state index in [1.165, 1.54) is 30.3 Å². The predicted molar refractivity (Wildman–Crippen MR) is 106 cm³/mol. The number of nitrogens with one attached hydrogen (secondary N) is 2. The molecule has 156 valence electrons. The number of benzene rings is 2. The molecular formula is C17H15Cl2FN2O6S. The van der Waals surface area contributed by atoms with Crippen LogP contribution in [0.5, 0.6) is 5.75 Å². The van der Waals surface area contributed by atoms with Gasteiger partial charge in [-0.05, 0) is 18.2 Å². The maximum atomic E-state index is 14.5. The van der Waals surface area contributed by atoms with Gasteiger partial charge in [-0.3, -0.25) is 14.3 Å². The van der Waals surface area contributed by atoms with Crippen molar-refractivity contribution in [1.29, 1.82) is 0 Å². The number of carbonyl (C=O) groups is 2. The average Bonchev–Trinajstić information content (AvgIpc) is 2.60. The summed E-state index contributed by atoms with van der Waals surface area (Å²) in [6, 6.07) is 6.52. The van der Waals surface area contributed by atoms with Crippen LogP contribution in [0.25, 0.3) is 0 Å². The van der Waals surface area contributed by atoms with Gasteiger partial charge in [0.15, 0.2) is 11.6 Å². The summed E-state index contributed by atoms with van der Waals surface area (Å²) in [6.07, 6.45) is 0.892. The van der Waals surface area contributed by atoms with Crippen LogP contribution in [-0.4, -0.2) is 38.2 Å². The highest BCUT2D eigenvalue weighted by Crippen LogP contribution is 2.35. The summed E-state index contributed by atoms with van der Waals surface area (Å²) in [5, 5.41) is 10.6. The quantitative estimate of drug-likeness (QED) is 0.551. The van der Waals surface area contributed by atoms with E-state index in [1.807, 2.05) is 0 Å². The van der Waals surface area contributed by atoms with Gasteiger partial charge in [-0.15, -0.1) is 0 Å². The molecule has 3 N–H and O–H groups in total. The number of rotatable bonds is 8. The molecule has 1 amide bonds. The Labute approximate surface area is 175 Å². The Kier molecular flexibility index (Phi) is 7.28. The highest BCUT2D eigenvalue weighted by molar-refractivity contribution is 7.92. The maximum absolute atomic E-state index is 14.5. The number of ether oxygens (including phenoxy) is 1. The summed E-state index contributed by atoms with van der Waals surface area (Å²) < 4.78 is 44.5. The molecule has 29 heavy (non-hydrogen) atoms. The maximum Gasteiger partial charge on any atom is 0.322 e. The molecule has 2 rings (SSSR count). The first-order valence-electron chi connectivity index (χ1n) is 7.85. The van der Waals surface area contributed by atoms with Crippen LogP contribution in [0.2, 0.25) is 10.0 Å². The van der Waals surface area contributed by atoms with Gasteiger partial charge in [0.05, 0.1) is 22.0 Å². The van der Waals surface area contributed by atoms with E-state index in [0.29, 0.717) is 0 Å². The lowest BCUT2D eigenvalue weighted by molar-refractivity contribution is -0.135. The third-order valence-corrected chi connectivity index (χ3v) is 4.56. The molecule has 0 aliphatic rings. The van der Waals surface area contributed by atoms with Crippen LogP contribution in [0.4, 0.5) is 10.1 Å². The van der Waals surface area contributed by atoms with E-state index in [2.05, 4.69) is 10.0 Å². The summed E-state index contributed by atoms with van der Waals surface area (Å²) >= 11 is 12.1. The summed E-state index contributed by atoms with van der Waals surface area (Å²) in [7, 11) is -3.67. The molecule has 0 aromatic heterocycles. The SMILES string of the molecule is CS(=O)(=O)Nc1cccc(COc2c(Cl)cc(C(=O)NCC(=O)O)cc2Cl)c1F. The minimum Gasteiger partial charge on any atom is -0.486 e. The number of sulfonamides is 1. The fourth-order valence-electron chi connectivity index (χ4n) is 2.21. The molecular weight excluding hydrogens is 450 g/mol. The van der Waals surface area contributed by atoms with Gasteiger partial charge in [-0.1, -0.05) is 35.3 Å². The van der Waals surface area contributed by atoms with Crippen LogP contribution in [-0.2, 0) is 21.4 Å². The van der Waals surface area contributed by atoms with Crippen molar-refractivity contribution in [3.63, 3.8) is 0 Å². The van der Waals surface area contributed by atoms with Crippen LogP contribution in [0.1, 0.15) is 15.9 Å². The molecule has 8 nitrogen and oxygen atoms in total. The van der Waals surface area contributed by atoms with Crippen molar-refractivity contribution in [2.45, 2.75) is 6.61 Å².